The Hall–Kier alpha value is 0.400. The highest BCUT2D eigenvalue weighted by Gasteiger charge is 2.37. The van der Waals surface area contributed by atoms with Crippen LogP contribution in [0.3, 0.4) is 0 Å². The van der Waals surface area contributed by atoms with E-state index in [-0.39, 0.29) is 55.3 Å². The molecule has 7 atom stereocenters. The predicted molar refractivity (Wildman–Crippen MR) is 267 cm³/mol. The first-order valence-electron chi connectivity index (χ1n) is 25.4. The SMILES string of the molecule is CCCC(CCC)(CCC)COCC(COP(=O)(O)OC(COCC(CCC)(CCC)CCC)COP(=O)(O)OC(CCP(=O)(O)OC)COCC(CCC)(CCC)CCC)OP(=O)(O)CC. The molecular formula is C46H98O17P4. The summed E-state index contributed by atoms with van der Waals surface area (Å²) < 4.78 is 103. The minimum atomic E-state index is -5.05. The van der Waals surface area contributed by atoms with Crippen LogP contribution >= 0.6 is 30.8 Å². The fourth-order valence-electron chi connectivity index (χ4n) is 9.65. The third kappa shape index (κ3) is 29.6. The van der Waals surface area contributed by atoms with Gasteiger partial charge in [-0.25, -0.2) is 9.13 Å². The van der Waals surface area contributed by atoms with Gasteiger partial charge in [0, 0.05) is 13.3 Å². The van der Waals surface area contributed by atoms with E-state index in [1.165, 1.54) is 6.92 Å². The van der Waals surface area contributed by atoms with Gasteiger partial charge in [0.15, 0.2) is 0 Å². The van der Waals surface area contributed by atoms with Crippen LogP contribution in [0, 0.1) is 16.2 Å². The Morgan fingerprint density at radius 3 is 0.970 bits per heavy atom. The molecule has 17 nitrogen and oxygen atoms in total. The summed E-state index contributed by atoms with van der Waals surface area (Å²) >= 11 is 0. The van der Waals surface area contributed by atoms with Crippen molar-refractivity contribution >= 4 is 30.8 Å². The van der Waals surface area contributed by atoms with Gasteiger partial charge in [-0.3, -0.25) is 27.2 Å². The van der Waals surface area contributed by atoms with Crippen molar-refractivity contribution in [2.24, 2.45) is 16.2 Å². The van der Waals surface area contributed by atoms with Gasteiger partial charge in [-0.1, -0.05) is 127 Å². The van der Waals surface area contributed by atoms with Crippen LogP contribution in [0.1, 0.15) is 191 Å². The molecule has 0 aliphatic carbocycles. The molecule has 404 valence electrons. The first kappa shape index (κ1) is 67.4. The Bertz CT molecular complexity index is 1400. The second-order valence-corrected chi connectivity index (χ2v) is 25.8. The molecular weight excluding hydrogens is 948 g/mol. The zero-order valence-electron chi connectivity index (χ0n) is 43.6. The first-order valence-corrected chi connectivity index (χ1v) is 32.0. The average Bonchev–Trinajstić information content (AvgIpc) is 3.24. The van der Waals surface area contributed by atoms with Gasteiger partial charge >= 0.3 is 30.8 Å². The molecule has 0 aliphatic rings. The topological polar surface area (TPSA) is 232 Å². The lowest BCUT2D eigenvalue weighted by Crippen LogP contribution is -2.32. The van der Waals surface area contributed by atoms with E-state index in [1.54, 1.807) is 0 Å². The number of phosphoric acid groups is 2. The van der Waals surface area contributed by atoms with E-state index in [9.17, 15) is 37.8 Å². The maximum Gasteiger partial charge on any atom is 0.472 e. The van der Waals surface area contributed by atoms with E-state index in [2.05, 4.69) is 62.3 Å². The highest BCUT2D eigenvalue weighted by Crippen LogP contribution is 2.51. The fraction of sp³-hybridized carbons (Fsp3) is 1.00. The smallest absolute Gasteiger partial charge is 0.378 e. The number of phosphoric ester groups is 2. The van der Waals surface area contributed by atoms with Gasteiger partial charge in [-0.05, 0) is 80.5 Å². The van der Waals surface area contributed by atoms with Gasteiger partial charge in [0.1, 0.15) is 12.2 Å². The summed E-state index contributed by atoms with van der Waals surface area (Å²) in [5, 5.41) is 0. The highest BCUT2D eigenvalue weighted by atomic mass is 31.2. The van der Waals surface area contributed by atoms with E-state index in [0.717, 1.165) is 123 Å². The third-order valence-electron chi connectivity index (χ3n) is 12.3. The lowest BCUT2D eigenvalue weighted by atomic mass is 9.76. The summed E-state index contributed by atoms with van der Waals surface area (Å²) in [6, 6.07) is 0. The van der Waals surface area contributed by atoms with Gasteiger partial charge < -0.3 is 42.8 Å². The van der Waals surface area contributed by atoms with E-state index in [4.69, 9.17) is 41.4 Å². The van der Waals surface area contributed by atoms with Crippen LogP contribution in [0.25, 0.3) is 0 Å². The van der Waals surface area contributed by atoms with Crippen LogP contribution in [-0.2, 0) is 59.6 Å². The number of rotatable bonds is 47. The van der Waals surface area contributed by atoms with Crippen molar-refractivity contribution in [3.63, 3.8) is 0 Å². The Balaban J connectivity index is 6.55. The van der Waals surface area contributed by atoms with E-state index >= 15 is 0 Å². The van der Waals surface area contributed by atoms with E-state index in [0.29, 0.717) is 13.2 Å². The molecule has 4 N–H and O–H groups in total. The molecule has 0 saturated heterocycles. The summed E-state index contributed by atoms with van der Waals surface area (Å²) in [7, 11) is -17.1. The van der Waals surface area contributed by atoms with Crippen molar-refractivity contribution in [1.82, 2.24) is 0 Å². The molecule has 0 aromatic carbocycles. The van der Waals surface area contributed by atoms with Crippen LogP contribution in [0.2, 0.25) is 0 Å². The molecule has 0 saturated carbocycles. The zero-order valence-corrected chi connectivity index (χ0v) is 47.2. The largest absolute Gasteiger partial charge is 0.472 e. The quantitative estimate of drug-likeness (QED) is 0.0415. The second-order valence-electron chi connectivity index (χ2n) is 18.8. The van der Waals surface area contributed by atoms with Gasteiger partial charge in [0.2, 0.25) is 0 Å². The Labute approximate surface area is 406 Å². The molecule has 0 radical (unpaired) electrons. The average molecular weight is 1050 g/mol. The van der Waals surface area contributed by atoms with Crippen molar-refractivity contribution in [3.05, 3.63) is 0 Å². The van der Waals surface area contributed by atoms with E-state index in [1.807, 2.05) is 0 Å². The molecule has 0 aromatic rings. The van der Waals surface area contributed by atoms with Gasteiger partial charge in [-0.2, -0.15) is 0 Å². The molecule has 0 aromatic heterocycles. The normalized spacial score (nSPS) is 17.9. The van der Waals surface area contributed by atoms with Gasteiger partial charge in [-0.15, -0.1) is 0 Å². The van der Waals surface area contributed by atoms with Crippen LogP contribution < -0.4 is 0 Å². The Morgan fingerprint density at radius 2 is 0.687 bits per heavy atom. The molecule has 67 heavy (non-hydrogen) atoms. The number of hydrogen-bond acceptors (Lipinski definition) is 13. The van der Waals surface area contributed by atoms with Crippen LogP contribution in [0.4, 0.5) is 0 Å². The molecule has 0 bridgehead atoms. The molecule has 0 amide bonds. The summed E-state index contributed by atoms with van der Waals surface area (Å²) in [6.45, 7) is 19.3. The van der Waals surface area contributed by atoms with Gasteiger partial charge in [0.25, 0.3) is 0 Å². The lowest BCUT2D eigenvalue weighted by molar-refractivity contribution is -0.0487. The summed E-state index contributed by atoms with van der Waals surface area (Å²) in [5.74, 6) is 0. The predicted octanol–water partition coefficient (Wildman–Crippen LogP) is 13.0. The van der Waals surface area contributed by atoms with Crippen molar-refractivity contribution in [3.8, 4) is 0 Å². The van der Waals surface area contributed by atoms with Crippen LogP contribution in [0.15, 0.2) is 0 Å². The molecule has 0 spiro atoms. The standard InChI is InChI=1S/C46H98O17P4/c1-12-23-44(24-13-2,25-14-3)38-56-33-41(22-32-65(49,50)55-11)62-66(51,52)60-37-43(35-58-40-46(29-18-7,30-19-8)31-20-9)63-67(53,54)59-36-42(61-64(47,48)21-10)34-57-39-45(26-15-4,27-16-5)28-17-6/h41-43H,12-40H2,1-11H3,(H,47,48)(H,49,50)(H,51,52)(H,53,54). The Kier molecular flexibility index (Phi) is 35.7. The summed E-state index contributed by atoms with van der Waals surface area (Å²) in [5.41, 5.74) is -0.375. The van der Waals surface area contributed by atoms with Crippen LogP contribution in [0.5, 0.6) is 0 Å². The maximum atomic E-state index is 13.7. The molecule has 7 unspecified atom stereocenters. The number of ether oxygens (including phenoxy) is 3. The third-order valence-corrected chi connectivity index (χ3v) is 17.2. The second kappa shape index (κ2) is 35.5. The molecule has 0 fully saturated rings. The molecule has 0 heterocycles. The minimum absolute atomic E-state index is 0.0969. The van der Waals surface area contributed by atoms with E-state index < -0.39 is 68.5 Å². The molecule has 0 aliphatic heterocycles. The first-order chi connectivity index (χ1) is 31.5. The van der Waals surface area contributed by atoms with Gasteiger partial charge in [0.05, 0.1) is 65.1 Å². The van der Waals surface area contributed by atoms with Crippen LogP contribution in [-0.4, -0.2) is 110 Å². The monoisotopic (exact) mass is 1050 g/mol. The van der Waals surface area contributed by atoms with Crippen molar-refractivity contribution in [2.45, 2.75) is 210 Å². The summed E-state index contributed by atoms with van der Waals surface area (Å²) in [6.07, 6.45) is 12.0. The minimum Gasteiger partial charge on any atom is -0.378 e. The maximum absolute atomic E-state index is 13.7. The van der Waals surface area contributed by atoms with Crippen molar-refractivity contribution in [2.75, 3.05) is 72.3 Å². The Morgan fingerprint density at radius 1 is 0.403 bits per heavy atom. The molecule has 21 heteroatoms. The summed E-state index contributed by atoms with van der Waals surface area (Å²) in [4.78, 5) is 42.8. The zero-order chi connectivity index (χ0) is 51.1. The number of hydrogen-bond donors (Lipinski definition) is 4. The van der Waals surface area contributed by atoms with Crippen molar-refractivity contribution in [1.29, 1.82) is 0 Å². The lowest BCUT2D eigenvalue weighted by Gasteiger charge is -2.34. The van der Waals surface area contributed by atoms with Crippen molar-refractivity contribution < 1.29 is 79.2 Å². The highest BCUT2D eigenvalue weighted by molar-refractivity contribution is 7.53. The molecule has 0 rings (SSSR count). The fourth-order valence-corrected chi connectivity index (χ4v) is 13.1.